The summed E-state index contributed by atoms with van der Waals surface area (Å²) in [6, 6.07) is 4.12. The lowest BCUT2D eigenvalue weighted by Gasteiger charge is -2.47. The van der Waals surface area contributed by atoms with E-state index in [0.717, 1.165) is 74.7 Å². The maximum absolute atomic E-state index is 13.4. The van der Waals surface area contributed by atoms with Crippen LogP contribution in [-0.2, 0) is 19.8 Å². The molecule has 2 atom stereocenters. The number of rotatable bonds is 15. The van der Waals surface area contributed by atoms with Crippen LogP contribution in [0.5, 0.6) is 11.5 Å². The zero-order chi connectivity index (χ0) is 29.5. The number of fused-ring (bicyclic) bond motifs is 3. The molecule has 0 spiro atoms. The third kappa shape index (κ3) is 7.97. The Balaban J connectivity index is 1.91. The third-order valence-electron chi connectivity index (χ3n) is 8.90. The van der Waals surface area contributed by atoms with E-state index >= 15 is 0 Å². The summed E-state index contributed by atoms with van der Waals surface area (Å²) in [6.07, 6.45) is 9.53. The van der Waals surface area contributed by atoms with Gasteiger partial charge >= 0.3 is 5.97 Å². The van der Waals surface area contributed by atoms with Crippen LogP contribution >= 0.6 is 0 Å². The van der Waals surface area contributed by atoms with Crippen LogP contribution in [0.4, 0.5) is 0 Å². The summed E-state index contributed by atoms with van der Waals surface area (Å²) in [6.45, 7) is 12.9. The predicted octanol–water partition coefficient (Wildman–Crippen LogP) is 7.87. The van der Waals surface area contributed by atoms with Crippen LogP contribution in [0.15, 0.2) is 12.1 Å². The van der Waals surface area contributed by atoms with Crippen molar-refractivity contribution in [1.29, 1.82) is 0 Å². The average molecular weight is 560 g/mol. The number of carbonyl (C=O) groups is 2. The Morgan fingerprint density at radius 2 is 1.82 bits per heavy atom. The van der Waals surface area contributed by atoms with Crippen LogP contribution < -0.4 is 9.47 Å². The topological polar surface area (TPSA) is 105 Å². The third-order valence-corrected chi connectivity index (χ3v) is 8.90. The van der Waals surface area contributed by atoms with Crippen LogP contribution in [0.25, 0.3) is 0 Å². The molecular formula is C32H49NO7. The Kier molecular flexibility index (Phi) is 11.0. The highest BCUT2D eigenvalue weighted by molar-refractivity contribution is 5.81. The fraction of sp³-hybridized carbons (Fsp3) is 0.750. The monoisotopic (exact) mass is 559 g/mol. The normalized spacial score (nSPS) is 19.9. The Morgan fingerprint density at radius 1 is 1.15 bits per heavy atom. The SMILES string of the molecule is CCCC(CCC)C(=O)Oc1cc(C(C)(C)CCCCCCO[N+](=O)[O-])cc2c1C1CC(=O)CCC1C(C)(C)O2. The molecule has 0 bridgehead atoms. The van der Waals surface area contributed by atoms with Crippen molar-refractivity contribution in [2.75, 3.05) is 6.61 Å². The van der Waals surface area contributed by atoms with Crippen molar-refractivity contribution in [2.45, 2.75) is 136 Å². The number of esters is 1. The minimum Gasteiger partial charge on any atom is -0.487 e. The quantitative estimate of drug-likeness (QED) is 0.0708. The van der Waals surface area contributed by atoms with Crippen molar-refractivity contribution in [1.82, 2.24) is 0 Å². The van der Waals surface area contributed by atoms with Crippen molar-refractivity contribution < 1.29 is 29.0 Å². The molecule has 1 aromatic rings. The molecule has 224 valence electrons. The molecule has 0 saturated heterocycles. The molecule has 0 N–H and O–H groups in total. The van der Waals surface area contributed by atoms with E-state index in [1.54, 1.807) is 0 Å². The van der Waals surface area contributed by atoms with E-state index < -0.39 is 10.7 Å². The predicted molar refractivity (Wildman–Crippen MR) is 154 cm³/mol. The first-order valence-corrected chi connectivity index (χ1v) is 15.3. The van der Waals surface area contributed by atoms with Crippen LogP contribution in [-0.4, -0.2) is 29.0 Å². The lowest BCUT2D eigenvalue weighted by atomic mass is 9.66. The summed E-state index contributed by atoms with van der Waals surface area (Å²) in [4.78, 5) is 40.8. The lowest BCUT2D eigenvalue weighted by molar-refractivity contribution is -0.757. The highest BCUT2D eigenvalue weighted by atomic mass is 16.9. The Bertz CT molecular complexity index is 1040. The summed E-state index contributed by atoms with van der Waals surface area (Å²) < 4.78 is 12.9. The van der Waals surface area contributed by atoms with Gasteiger partial charge in [-0.15, -0.1) is 10.1 Å². The molecule has 0 amide bonds. The van der Waals surface area contributed by atoms with Crippen molar-refractivity contribution in [3.63, 3.8) is 0 Å². The highest BCUT2D eigenvalue weighted by Gasteiger charge is 2.48. The number of benzene rings is 1. The smallest absolute Gasteiger partial charge is 0.314 e. The van der Waals surface area contributed by atoms with Gasteiger partial charge in [0.15, 0.2) is 0 Å². The zero-order valence-corrected chi connectivity index (χ0v) is 25.4. The second-order valence-electron chi connectivity index (χ2n) is 12.9. The molecule has 2 aliphatic rings. The molecule has 1 saturated carbocycles. The molecule has 1 aliphatic heterocycles. The molecule has 8 nitrogen and oxygen atoms in total. The number of ketones is 1. The first kappa shape index (κ1) is 31.9. The largest absolute Gasteiger partial charge is 0.487 e. The molecule has 0 radical (unpaired) electrons. The van der Waals surface area contributed by atoms with E-state index in [4.69, 9.17) is 9.47 Å². The number of nitrogens with zero attached hydrogens (tertiary/aromatic N) is 1. The van der Waals surface area contributed by atoms with Crippen LogP contribution in [0.3, 0.4) is 0 Å². The van der Waals surface area contributed by atoms with E-state index in [1.165, 1.54) is 0 Å². The number of Topliss-reactive ketones (excluding diaryl/α,β-unsaturated/α-hetero) is 1. The molecule has 8 heteroatoms. The van der Waals surface area contributed by atoms with Gasteiger partial charge < -0.3 is 14.3 Å². The summed E-state index contributed by atoms with van der Waals surface area (Å²) in [7, 11) is 0. The Labute approximate surface area is 239 Å². The van der Waals surface area contributed by atoms with Gasteiger partial charge in [-0.05, 0) is 69.1 Å². The van der Waals surface area contributed by atoms with Gasteiger partial charge in [-0.25, -0.2) is 0 Å². The van der Waals surface area contributed by atoms with Gasteiger partial charge in [-0.3, -0.25) is 9.59 Å². The Morgan fingerprint density at radius 3 is 2.48 bits per heavy atom. The molecule has 1 aromatic carbocycles. The van der Waals surface area contributed by atoms with E-state index in [9.17, 15) is 19.7 Å². The van der Waals surface area contributed by atoms with Gasteiger partial charge in [0, 0.05) is 30.2 Å². The van der Waals surface area contributed by atoms with Gasteiger partial charge in [0.25, 0.3) is 5.09 Å². The van der Waals surface area contributed by atoms with Crippen LogP contribution in [0.1, 0.15) is 136 Å². The summed E-state index contributed by atoms with van der Waals surface area (Å²) >= 11 is 0. The number of hydrogen-bond acceptors (Lipinski definition) is 7. The van der Waals surface area contributed by atoms with E-state index in [0.29, 0.717) is 25.0 Å². The van der Waals surface area contributed by atoms with Gasteiger partial charge in [0.05, 0.1) is 12.5 Å². The maximum atomic E-state index is 13.4. The van der Waals surface area contributed by atoms with Crippen LogP contribution in [0, 0.1) is 22.0 Å². The summed E-state index contributed by atoms with van der Waals surface area (Å²) in [5, 5.41) is 9.59. The van der Waals surface area contributed by atoms with Crippen LogP contribution in [0.2, 0.25) is 0 Å². The fourth-order valence-electron chi connectivity index (χ4n) is 6.60. The second-order valence-corrected chi connectivity index (χ2v) is 12.9. The molecule has 1 fully saturated rings. The Hall–Kier alpha value is -2.64. The minimum absolute atomic E-state index is 0.0304. The number of hydrogen-bond donors (Lipinski definition) is 0. The number of unbranched alkanes of at least 4 members (excludes halogenated alkanes) is 3. The molecule has 1 aliphatic carbocycles. The minimum atomic E-state index is -0.745. The second kappa shape index (κ2) is 13.8. The van der Waals surface area contributed by atoms with Gasteiger partial charge in [0.2, 0.25) is 0 Å². The fourth-order valence-corrected chi connectivity index (χ4v) is 6.60. The molecule has 0 aromatic heterocycles. The van der Waals surface area contributed by atoms with Gasteiger partial charge in [-0.1, -0.05) is 59.8 Å². The average Bonchev–Trinajstić information content (AvgIpc) is 2.86. The molecule has 40 heavy (non-hydrogen) atoms. The standard InChI is InChI=1S/C32H49NO7/c1-7-13-22(14-8-2)30(35)39-27-19-23(31(3,4)17-11-9-10-12-18-38-33(36)37)20-28-29(27)25-21-24(34)15-16-26(25)32(5,6)40-28/h19-20,22,25-26H,7-18,21H2,1-6H3. The number of carbonyl (C=O) groups excluding carboxylic acids is 2. The van der Waals surface area contributed by atoms with Gasteiger partial charge in [0.1, 0.15) is 22.9 Å². The number of ether oxygens (including phenoxy) is 2. The lowest BCUT2D eigenvalue weighted by Crippen LogP contribution is -2.47. The zero-order valence-electron chi connectivity index (χ0n) is 25.4. The molecule has 2 unspecified atom stereocenters. The summed E-state index contributed by atoms with van der Waals surface area (Å²) in [5.74, 6) is 1.35. The van der Waals surface area contributed by atoms with E-state index in [-0.39, 0.29) is 41.5 Å². The maximum Gasteiger partial charge on any atom is 0.314 e. The van der Waals surface area contributed by atoms with Crippen molar-refractivity contribution >= 4 is 11.8 Å². The molecule has 3 rings (SSSR count). The summed E-state index contributed by atoms with van der Waals surface area (Å²) in [5.41, 5.74) is 1.28. The van der Waals surface area contributed by atoms with Gasteiger partial charge in [-0.2, -0.15) is 0 Å². The molecule has 1 heterocycles. The van der Waals surface area contributed by atoms with E-state index in [2.05, 4.69) is 52.4 Å². The first-order chi connectivity index (χ1) is 18.9. The highest BCUT2D eigenvalue weighted by Crippen LogP contribution is 2.55. The van der Waals surface area contributed by atoms with Crippen molar-refractivity contribution in [3.8, 4) is 11.5 Å². The first-order valence-electron chi connectivity index (χ1n) is 15.3. The van der Waals surface area contributed by atoms with Crippen molar-refractivity contribution in [3.05, 3.63) is 33.4 Å². The molecular weight excluding hydrogens is 510 g/mol. The van der Waals surface area contributed by atoms with E-state index in [1.807, 2.05) is 6.07 Å². The van der Waals surface area contributed by atoms with Crippen molar-refractivity contribution in [2.24, 2.45) is 11.8 Å².